The highest BCUT2D eigenvalue weighted by Gasteiger charge is 2.03. The van der Waals surface area contributed by atoms with Crippen LogP contribution in [-0.4, -0.2) is 7.11 Å². The maximum absolute atomic E-state index is 5.25. The first-order chi connectivity index (χ1) is 5.69. The Hall–Kier alpha value is -0.500. The Kier molecular flexibility index (Phi) is 3.15. The van der Waals surface area contributed by atoms with Crippen LogP contribution in [0.25, 0.3) is 0 Å². The number of hydrogen-bond acceptors (Lipinski definition) is 1. The summed E-state index contributed by atoms with van der Waals surface area (Å²) in [5.41, 5.74) is 2.46. The summed E-state index contributed by atoms with van der Waals surface area (Å²) in [6.07, 6.45) is 1.00. The molecule has 0 radical (unpaired) electrons. The Balaban J connectivity index is 3.19. The van der Waals surface area contributed by atoms with Crippen LogP contribution >= 0.6 is 15.9 Å². The van der Waals surface area contributed by atoms with Gasteiger partial charge in [-0.1, -0.05) is 22.9 Å². The molecule has 0 aromatic heterocycles. The fourth-order valence-electron chi connectivity index (χ4n) is 1.16. The van der Waals surface area contributed by atoms with E-state index in [1.165, 1.54) is 11.1 Å². The van der Waals surface area contributed by atoms with E-state index in [9.17, 15) is 0 Å². The van der Waals surface area contributed by atoms with Crippen LogP contribution in [0, 0.1) is 6.92 Å². The second-order valence-electron chi connectivity index (χ2n) is 2.77. The van der Waals surface area contributed by atoms with E-state index in [0.717, 1.165) is 16.6 Å². The lowest BCUT2D eigenvalue weighted by molar-refractivity contribution is 0.409. The second kappa shape index (κ2) is 3.94. The third kappa shape index (κ3) is 1.81. The van der Waals surface area contributed by atoms with Crippen molar-refractivity contribution in [2.24, 2.45) is 0 Å². The average molecular weight is 229 g/mol. The van der Waals surface area contributed by atoms with Gasteiger partial charge in [-0.3, -0.25) is 0 Å². The highest BCUT2D eigenvalue weighted by molar-refractivity contribution is 9.10. The minimum atomic E-state index is 0.984. The summed E-state index contributed by atoms with van der Waals surface area (Å²) >= 11 is 3.49. The summed E-state index contributed by atoms with van der Waals surface area (Å²) in [4.78, 5) is 0. The van der Waals surface area contributed by atoms with Gasteiger partial charge in [0.25, 0.3) is 0 Å². The molecular weight excluding hydrogens is 216 g/mol. The molecule has 0 bridgehead atoms. The number of ether oxygens (including phenoxy) is 1. The molecule has 0 saturated heterocycles. The second-order valence-corrected chi connectivity index (χ2v) is 3.62. The van der Waals surface area contributed by atoms with Crippen LogP contribution in [-0.2, 0) is 6.42 Å². The van der Waals surface area contributed by atoms with Gasteiger partial charge in [0.1, 0.15) is 5.75 Å². The van der Waals surface area contributed by atoms with E-state index in [-0.39, 0.29) is 0 Å². The minimum Gasteiger partial charge on any atom is -0.496 e. The number of aryl methyl sites for hydroxylation is 2. The van der Waals surface area contributed by atoms with Gasteiger partial charge in [-0.2, -0.15) is 0 Å². The van der Waals surface area contributed by atoms with Gasteiger partial charge in [0.2, 0.25) is 0 Å². The van der Waals surface area contributed by atoms with E-state index in [2.05, 4.69) is 41.9 Å². The topological polar surface area (TPSA) is 9.23 Å². The predicted octanol–water partition coefficient (Wildman–Crippen LogP) is 3.33. The molecule has 1 aromatic rings. The first-order valence-corrected chi connectivity index (χ1v) is 4.81. The van der Waals surface area contributed by atoms with Crippen molar-refractivity contribution in [3.05, 3.63) is 27.7 Å². The Morgan fingerprint density at radius 2 is 2.08 bits per heavy atom. The number of methoxy groups -OCH3 is 1. The van der Waals surface area contributed by atoms with E-state index in [1.807, 2.05) is 0 Å². The summed E-state index contributed by atoms with van der Waals surface area (Å²) in [5.74, 6) is 0.984. The highest BCUT2D eigenvalue weighted by Crippen LogP contribution is 2.26. The fraction of sp³-hybridized carbons (Fsp3) is 0.400. The summed E-state index contributed by atoms with van der Waals surface area (Å²) < 4.78 is 6.40. The molecule has 0 aliphatic carbocycles. The van der Waals surface area contributed by atoms with Crippen LogP contribution in [0.2, 0.25) is 0 Å². The highest BCUT2D eigenvalue weighted by atomic mass is 79.9. The molecule has 66 valence electrons. The van der Waals surface area contributed by atoms with Crippen molar-refractivity contribution in [2.75, 3.05) is 7.11 Å². The Bertz CT molecular complexity index is 252. The van der Waals surface area contributed by atoms with Gasteiger partial charge >= 0.3 is 0 Å². The Morgan fingerprint density at radius 1 is 1.42 bits per heavy atom. The lowest BCUT2D eigenvalue weighted by Crippen LogP contribution is -1.91. The third-order valence-electron chi connectivity index (χ3n) is 1.94. The van der Waals surface area contributed by atoms with E-state index in [0.29, 0.717) is 0 Å². The standard InChI is InChI=1S/C10H13BrO/c1-4-8-6-9(11)7(2)5-10(8)12-3/h5-6H,4H2,1-3H3. The maximum Gasteiger partial charge on any atom is 0.122 e. The van der Waals surface area contributed by atoms with Crippen LogP contribution < -0.4 is 4.74 Å². The van der Waals surface area contributed by atoms with Gasteiger partial charge in [0.05, 0.1) is 7.11 Å². The third-order valence-corrected chi connectivity index (χ3v) is 2.80. The lowest BCUT2D eigenvalue weighted by Gasteiger charge is -2.08. The monoisotopic (exact) mass is 228 g/mol. The van der Waals surface area contributed by atoms with Crippen LogP contribution in [0.1, 0.15) is 18.1 Å². The number of halogens is 1. The smallest absolute Gasteiger partial charge is 0.122 e. The zero-order valence-electron chi connectivity index (χ0n) is 7.65. The van der Waals surface area contributed by atoms with Crippen molar-refractivity contribution < 1.29 is 4.74 Å². The molecule has 0 N–H and O–H groups in total. The molecule has 0 fully saturated rings. The normalized spacial score (nSPS) is 10.0. The van der Waals surface area contributed by atoms with Gasteiger partial charge in [-0.05, 0) is 36.6 Å². The summed E-state index contributed by atoms with van der Waals surface area (Å²) in [7, 11) is 1.71. The SMILES string of the molecule is CCc1cc(Br)c(C)cc1OC. The van der Waals surface area contributed by atoms with Crippen molar-refractivity contribution in [3.8, 4) is 5.75 Å². The molecule has 1 nitrogen and oxygen atoms in total. The molecule has 0 aliphatic rings. The van der Waals surface area contributed by atoms with Crippen LogP contribution in [0.5, 0.6) is 5.75 Å². The Labute approximate surface area is 81.9 Å². The Morgan fingerprint density at radius 3 is 2.58 bits per heavy atom. The molecule has 0 saturated carbocycles. The lowest BCUT2D eigenvalue weighted by atomic mass is 10.1. The number of rotatable bonds is 2. The van der Waals surface area contributed by atoms with Crippen LogP contribution in [0.15, 0.2) is 16.6 Å². The van der Waals surface area contributed by atoms with E-state index < -0.39 is 0 Å². The molecule has 1 aromatic carbocycles. The molecule has 12 heavy (non-hydrogen) atoms. The summed E-state index contributed by atoms with van der Waals surface area (Å²) in [6.45, 7) is 4.19. The molecular formula is C10H13BrO. The van der Waals surface area contributed by atoms with E-state index >= 15 is 0 Å². The predicted molar refractivity (Wildman–Crippen MR) is 54.8 cm³/mol. The molecule has 0 heterocycles. The van der Waals surface area contributed by atoms with Gasteiger partial charge in [-0.15, -0.1) is 0 Å². The first-order valence-electron chi connectivity index (χ1n) is 4.02. The zero-order valence-corrected chi connectivity index (χ0v) is 9.23. The van der Waals surface area contributed by atoms with Crippen molar-refractivity contribution in [1.29, 1.82) is 0 Å². The van der Waals surface area contributed by atoms with Crippen molar-refractivity contribution >= 4 is 15.9 Å². The number of benzene rings is 1. The van der Waals surface area contributed by atoms with Crippen molar-refractivity contribution in [3.63, 3.8) is 0 Å². The van der Waals surface area contributed by atoms with E-state index in [1.54, 1.807) is 7.11 Å². The fourth-order valence-corrected chi connectivity index (χ4v) is 1.55. The van der Waals surface area contributed by atoms with Crippen LogP contribution in [0.3, 0.4) is 0 Å². The maximum atomic E-state index is 5.25. The quantitative estimate of drug-likeness (QED) is 0.755. The zero-order chi connectivity index (χ0) is 9.14. The minimum absolute atomic E-state index is 0.984. The number of hydrogen-bond donors (Lipinski definition) is 0. The van der Waals surface area contributed by atoms with Gasteiger partial charge in [0, 0.05) is 4.47 Å². The molecule has 0 spiro atoms. The first kappa shape index (κ1) is 9.59. The van der Waals surface area contributed by atoms with Gasteiger partial charge in [0.15, 0.2) is 0 Å². The molecule has 2 heteroatoms. The molecule has 0 amide bonds. The summed E-state index contributed by atoms with van der Waals surface area (Å²) in [5, 5.41) is 0. The summed E-state index contributed by atoms with van der Waals surface area (Å²) in [6, 6.07) is 4.18. The molecule has 0 unspecified atom stereocenters. The molecule has 0 atom stereocenters. The van der Waals surface area contributed by atoms with Gasteiger partial charge in [-0.25, -0.2) is 0 Å². The molecule has 0 aliphatic heterocycles. The molecule has 1 rings (SSSR count). The largest absolute Gasteiger partial charge is 0.496 e. The van der Waals surface area contributed by atoms with E-state index in [4.69, 9.17) is 4.74 Å². The van der Waals surface area contributed by atoms with Crippen LogP contribution in [0.4, 0.5) is 0 Å². The average Bonchev–Trinajstić information content (AvgIpc) is 2.09. The van der Waals surface area contributed by atoms with Crippen molar-refractivity contribution in [2.45, 2.75) is 20.3 Å². The van der Waals surface area contributed by atoms with Gasteiger partial charge < -0.3 is 4.74 Å². The van der Waals surface area contributed by atoms with Crippen molar-refractivity contribution in [1.82, 2.24) is 0 Å².